The number of ether oxygens (including phenoxy) is 2. The van der Waals surface area contributed by atoms with Crippen LogP contribution in [0.4, 0.5) is 13.2 Å². The maximum Gasteiger partial charge on any atom is 0.422 e. The van der Waals surface area contributed by atoms with Gasteiger partial charge in [0.2, 0.25) is 5.91 Å². The highest BCUT2D eigenvalue weighted by atomic mass is 19.4. The molecule has 1 aliphatic rings. The first-order chi connectivity index (χ1) is 10.9. The van der Waals surface area contributed by atoms with Crippen LogP contribution in [-0.4, -0.2) is 38.4 Å². The van der Waals surface area contributed by atoms with Crippen molar-refractivity contribution in [3.63, 3.8) is 0 Å². The molecule has 1 unspecified atom stereocenters. The molecular formula is C16H20F3NO3. The van der Waals surface area contributed by atoms with E-state index in [2.05, 4.69) is 10.1 Å². The highest BCUT2D eigenvalue weighted by Gasteiger charge is 2.31. The number of halogens is 3. The van der Waals surface area contributed by atoms with Crippen molar-refractivity contribution in [3.8, 4) is 5.75 Å². The van der Waals surface area contributed by atoms with Crippen molar-refractivity contribution in [1.29, 1.82) is 0 Å². The Hall–Kier alpha value is -1.76. The van der Waals surface area contributed by atoms with Crippen molar-refractivity contribution in [2.24, 2.45) is 5.92 Å². The number of carbonyl (C=O) groups is 1. The van der Waals surface area contributed by atoms with E-state index in [-0.39, 0.29) is 24.2 Å². The molecule has 0 aliphatic heterocycles. The number of methoxy groups -OCH3 is 1. The van der Waals surface area contributed by atoms with Gasteiger partial charge in [0, 0.05) is 13.7 Å². The molecule has 0 heterocycles. The predicted molar refractivity (Wildman–Crippen MR) is 78.2 cm³/mol. The van der Waals surface area contributed by atoms with Crippen LogP contribution in [0.1, 0.15) is 18.4 Å². The van der Waals surface area contributed by atoms with Crippen LogP contribution in [0.2, 0.25) is 0 Å². The maximum absolute atomic E-state index is 12.1. The molecule has 1 saturated carbocycles. The van der Waals surface area contributed by atoms with Crippen LogP contribution in [0.5, 0.6) is 5.75 Å². The SMILES string of the molecule is COC(CNC(=O)Cc1cccc(OCC(F)(F)F)c1)C1CC1. The van der Waals surface area contributed by atoms with Crippen molar-refractivity contribution in [3.05, 3.63) is 29.8 Å². The van der Waals surface area contributed by atoms with E-state index >= 15 is 0 Å². The molecular weight excluding hydrogens is 311 g/mol. The van der Waals surface area contributed by atoms with Crippen LogP contribution in [-0.2, 0) is 16.0 Å². The number of nitrogens with one attached hydrogen (secondary N) is 1. The molecule has 4 nitrogen and oxygen atoms in total. The Morgan fingerprint density at radius 2 is 2.13 bits per heavy atom. The Balaban J connectivity index is 1.80. The molecule has 0 spiro atoms. The molecule has 0 radical (unpaired) electrons. The molecule has 7 heteroatoms. The first kappa shape index (κ1) is 17.6. The van der Waals surface area contributed by atoms with Gasteiger partial charge >= 0.3 is 6.18 Å². The van der Waals surface area contributed by atoms with Gasteiger partial charge in [0.25, 0.3) is 0 Å². The van der Waals surface area contributed by atoms with Crippen molar-refractivity contribution in [2.75, 3.05) is 20.3 Å². The fraction of sp³-hybridized carbons (Fsp3) is 0.562. The first-order valence-electron chi connectivity index (χ1n) is 7.45. The molecule has 1 aromatic carbocycles. The second kappa shape index (κ2) is 7.68. The Labute approximate surface area is 133 Å². The van der Waals surface area contributed by atoms with E-state index in [1.54, 1.807) is 19.2 Å². The number of rotatable bonds is 8. The molecule has 128 valence electrons. The summed E-state index contributed by atoms with van der Waals surface area (Å²) in [5.41, 5.74) is 0.600. The van der Waals surface area contributed by atoms with Crippen molar-refractivity contribution < 1.29 is 27.4 Å². The highest BCUT2D eigenvalue weighted by Crippen LogP contribution is 2.33. The van der Waals surface area contributed by atoms with E-state index in [4.69, 9.17) is 4.74 Å². The molecule has 1 atom stereocenters. The predicted octanol–water partition coefficient (Wildman–Crippen LogP) is 2.71. The minimum Gasteiger partial charge on any atom is -0.484 e. The number of benzene rings is 1. The molecule has 1 fully saturated rings. The van der Waals surface area contributed by atoms with Gasteiger partial charge in [0.1, 0.15) is 5.75 Å². The largest absolute Gasteiger partial charge is 0.484 e. The van der Waals surface area contributed by atoms with Crippen molar-refractivity contribution in [2.45, 2.75) is 31.5 Å². The minimum absolute atomic E-state index is 0.0282. The van der Waals surface area contributed by atoms with Crippen LogP contribution in [0.15, 0.2) is 24.3 Å². The molecule has 23 heavy (non-hydrogen) atoms. The van der Waals surface area contributed by atoms with Gasteiger partial charge in [-0.25, -0.2) is 0 Å². The highest BCUT2D eigenvalue weighted by molar-refractivity contribution is 5.78. The monoisotopic (exact) mass is 331 g/mol. The number of hydrogen-bond donors (Lipinski definition) is 1. The topological polar surface area (TPSA) is 47.6 Å². The maximum atomic E-state index is 12.1. The van der Waals surface area contributed by atoms with Gasteiger partial charge < -0.3 is 14.8 Å². The third kappa shape index (κ3) is 6.48. The fourth-order valence-electron chi connectivity index (χ4n) is 2.28. The smallest absolute Gasteiger partial charge is 0.422 e. The fourth-order valence-corrected chi connectivity index (χ4v) is 2.28. The number of alkyl halides is 3. The summed E-state index contributed by atoms with van der Waals surface area (Å²) >= 11 is 0. The summed E-state index contributed by atoms with van der Waals surface area (Å²) in [5, 5.41) is 2.79. The van der Waals surface area contributed by atoms with Gasteiger partial charge in [0.15, 0.2) is 6.61 Å². The van der Waals surface area contributed by atoms with E-state index in [1.165, 1.54) is 12.1 Å². The second-order valence-corrected chi connectivity index (χ2v) is 5.64. The Kier molecular flexibility index (Phi) is 5.87. The minimum atomic E-state index is -4.38. The zero-order valence-electron chi connectivity index (χ0n) is 12.9. The molecule has 1 amide bonds. The van der Waals surface area contributed by atoms with Crippen molar-refractivity contribution >= 4 is 5.91 Å². The summed E-state index contributed by atoms with van der Waals surface area (Å²) in [7, 11) is 1.62. The van der Waals surface area contributed by atoms with Gasteiger partial charge in [0.05, 0.1) is 12.5 Å². The number of amides is 1. The zero-order chi connectivity index (χ0) is 16.9. The lowest BCUT2D eigenvalue weighted by Crippen LogP contribution is -2.35. The van der Waals surface area contributed by atoms with Crippen LogP contribution in [0.3, 0.4) is 0 Å². The summed E-state index contributed by atoms with van der Waals surface area (Å²) in [4.78, 5) is 11.9. The van der Waals surface area contributed by atoms with Gasteiger partial charge in [-0.3, -0.25) is 4.79 Å². The van der Waals surface area contributed by atoms with E-state index in [1.807, 2.05) is 0 Å². The Morgan fingerprint density at radius 3 is 2.74 bits per heavy atom. The normalized spacial score (nSPS) is 16.0. The number of carbonyl (C=O) groups excluding carboxylic acids is 1. The third-order valence-electron chi connectivity index (χ3n) is 3.62. The van der Waals surface area contributed by atoms with Crippen LogP contribution in [0.25, 0.3) is 0 Å². The molecule has 2 rings (SSSR count). The molecule has 1 aromatic rings. The lowest BCUT2D eigenvalue weighted by atomic mass is 10.1. The zero-order valence-corrected chi connectivity index (χ0v) is 12.9. The van der Waals surface area contributed by atoms with E-state index in [0.717, 1.165) is 12.8 Å². The standard InChI is InChI=1S/C16H20F3NO3/c1-22-14(12-5-6-12)9-20-15(21)8-11-3-2-4-13(7-11)23-10-16(17,18)19/h2-4,7,12,14H,5-6,8-10H2,1H3,(H,20,21). The quantitative estimate of drug-likeness (QED) is 0.797. The third-order valence-corrected chi connectivity index (χ3v) is 3.62. The molecule has 1 N–H and O–H groups in total. The van der Waals surface area contributed by atoms with Crippen molar-refractivity contribution in [1.82, 2.24) is 5.32 Å². The Bertz CT molecular complexity index is 530. The Morgan fingerprint density at radius 1 is 1.39 bits per heavy atom. The molecule has 0 bridgehead atoms. The van der Waals surface area contributed by atoms with Gasteiger partial charge in [-0.05, 0) is 36.5 Å². The van der Waals surface area contributed by atoms with Gasteiger partial charge in [-0.2, -0.15) is 13.2 Å². The molecule has 1 aliphatic carbocycles. The summed E-state index contributed by atoms with van der Waals surface area (Å²) < 4.78 is 46.4. The average molecular weight is 331 g/mol. The van der Waals surface area contributed by atoms with Gasteiger partial charge in [-0.1, -0.05) is 12.1 Å². The van der Waals surface area contributed by atoms with E-state index in [9.17, 15) is 18.0 Å². The summed E-state index contributed by atoms with van der Waals surface area (Å²) in [5.74, 6) is 0.417. The van der Waals surface area contributed by atoms with Crippen LogP contribution in [0, 0.1) is 5.92 Å². The van der Waals surface area contributed by atoms with E-state index < -0.39 is 12.8 Å². The first-order valence-corrected chi connectivity index (χ1v) is 7.45. The summed E-state index contributed by atoms with van der Waals surface area (Å²) in [6.07, 6.45) is -2.03. The lowest BCUT2D eigenvalue weighted by molar-refractivity contribution is -0.153. The van der Waals surface area contributed by atoms with E-state index in [0.29, 0.717) is 18.0 Å². The molecule has 0 aromatic heterocycles. The lowest BCUT2D eigenvalue weighted by Gasteiger charge is -2.15. The summed E-state index contributed by atoms with van der Waals surface area (Å²) in [6.45, 7) is -0.899. The van der Waals surface area contributed by atoms with Gasteiger partial charge in [-0.15, -0.1) is 0 Å². The van der Waals surface area contributed by atoms with Crippen LogP contribution >= 0.6 is 0 Å². The molecule has 0 saturated heterocycles. The number of hydrogen-bond acceptors (Lipinski definition) is 3. The summed E-state index contributed by atoms with van der Waals surface area (Å²) in [6, 6.07) is 6.12. The van der Waals surface area contributed by atoms with Crippen LogP contribution < -0.4 is 10.1 Å². The average Bonchev–Trinajstić information content (AvgIpc) is 3.30. The second-order valence-electron chi connectivity index (χ2n) is 5.64.